The Labute approximate surface area is 124 Å². The van der Waals surface area contributed by atoms with Crippen LogP contribution in [0.3, 0.4) is 0 Å². The number of nitrogens with two attached hydrogens (primary N) is 1. The van der Waals surface area contributed by atoms with Gasteiger partial charge in [-0.15, -0.1) is 0 Å². The standard InChI is InChI=1S/C16H19N3O2/c1-4-21-16(20)13-9-18-14(19-15(13)17)8-12-6-5-10(2)11(3)7-12/h5-7,9H,4,8H2,1-3H3,(H2,17,18,19). The number of nitrogen functional groups attached to an aromatic ring is 1. The van der Waals surface area contributed by atoms with E-state index in [2.05, 4.69) is 35.9 Å². The average Bonchev–Trinajstić information content (AvgIpc) is 2.43. The summed E-state index contributed by atoms with van der Waals surface area (Å²) in [5.41, 5.74) is 9.60. The van der Waals surface area contributed by atoms with Gasteiger partial charge in [0.15, 0.2) is 0 Å². The van der Waals surface area contributed by atoms with Crippen LogP contribution < -0.4 is 5.73 Å². The Morgan fingerprint density at radius 2 is 2.05 bits per heavy atom. The van der Waals surface area contributed by atoms with E-state index >= 15 is 0 Å². The van der Waals surface area contributed by atoms with Crippen LogP contribution in [0.2, 0.25) is 0 Å². The molecule has 0 saturated carbocycles. The summed E-state index contributed by atoms with van der Waals surface area (Å²) in [6.07, 6.45) is 2.01. The molecular formula is C16H19N3O2. The number of esters is 1. The van der Waals surface area contributed by atoms with E-state index in [1.165, 1.54) is 17.3 Å². The third-order valence-corrected chi connectivity index (χ3v) is 3.30. The third-order valence-electron chi connectivity index (χ3n) is 3.30. The average molecular weight is 285 g/mol. The number of rotatable bonds is 4. The molecule has 1 aromatic heterocycles. The van der Waals surface area contributed by atoms with E-state index in [4.69, 9.17) is 10.5 Å². The number of benzene rings is 1. The van der Waals surface area contributed by atoms with Crippen molar-refractivity contribution in [3.63, 3.8) is 0 Å². The van der Waals surface area contributed by atoms with E-state index in [1.807, 2.05) is 6.07 Å². The maximum Gasteiger partial charge on any atom is 0.343 e. The zero-order chi connectivity index (χ0) is 15.4. The van der Waals surface area contributed by atoms with Gasteiger partial charge >= 0.3 is 5.97 Å². The summed E-state index contributed by atoms with van der Waals surface area (Å²) in [5, 5.41) is 0. The molecule has 2 rings (SSSR count). The first kappa shape index (κ1) is 15.0. The molecule has 21 heavy (non-hydrogen) atoms. The highest BCUT2D eigenvalue weighted by Gasteiger charge is 2.13. The maximum atomic E-state index is 11.6. The van der Waals surface area contributed by atoms with Crippen molar-refractivity contribution in [2.75, 3.05) is 12.3 Å². The molecule has 110 valence electrons. The lowest BCUT2D eigenvalue weighted by molar-refractivity contribution is 0.0526. The summed E-state index contributed by atoms with van der Waals surface area (Å²) >= 11 is 0. The Morgan fingerprint density at radius 3 is 2.67 bits per heavy atom. The molecule has 1 aromatic carbocycles. The molecule has 5 nitrogen and oxygen atoms in total. The summed E-state index contributed by atoms with van der Waals surface area (Å²) in [6, 6.07) is 6.22. The van der Waals surface area contributed by atoms with Gasteiger partial charge in [0.05, 0.1) is 6.61 Å². The number of nitrogens with zero attached hydrogens (tertiary/aromatic N) is 2. The zero-order valence-electron chi connectivity index (χ0n) is 12.5. The van der Waals surface area contributed by atoms with E-state index in [0.29, 0.717) is 18.9 Å². The lowest BCUT2D eigenvalue weighted by Gasteiger charge is -2.07. The quantitative estimate of drug-likeness (QED) is 0.873. The van der Waals surface area contributed by atoms with Gasteiger partial charge in [0.25, 0.3) is 0 Å². The summed E-state index contributed by atoms with van der Waals surface area (Å²) < 4.78 is 4.90. The largest absolute Gasteiger partial charge is 0.462 e. The Bertz CT molecular complexity index is 669. The molecule has 1 heterocycles. The molecule has 0 aliphatic heterocycles. The molecule has 0 bridgehead atoms. The number of ether oxygens (including phenoxy) is 1. The van der Waals surface area contributed by atoms with Crippen molar-refractivity contribution in [3.05, 3.63) is 52.5 Å². The minimum absolute atomic E-state index is 0.155. The normalized spacial score (nSPS) is 10.4. The molecule has 0 radical (unpaired) electrons. The van der Waals surface area contributed by atoms with Crippen LogP contribution in [0.1, 0.15) is 39.8 Å². The Hall–Kier alpha value is -2.43. The predicted octanol–water partition coefficient (Wildman–Crippen LogP) is 2.44. The molecule has 0 amide bonds. The van der Waals surface area contributed by atoms with E-state index in [0.717, 1.165) is 5.56 Å². The van der Waals surface area contributed by atoms with Crippen molar-refractivity contribution in [3.8, 4) is 0 Å². The van der Waals surface area contributed by atoms with Gasteiger partial charge in [-0.05, 0) is 37.5 Å². The Morgan fingerprint density at radius 1 is 1.29 bits per heavy atom. The molecule has 0 unspecified atom stereocenters. The number of carbonyl (C=O) groups excluding carboxylic acids is 1. The van der Waals surface area contributed by atoms with Crippen molar-refractivity contribution in [2.45, 2.75) is 27.2 Å². The molecule has 0 fully saturated rings. The first-order valence-electron chi connectivity index (χ1n) is 6.86. The number of hydrogen-bond acceptors (Lipinski definition) is 5. The van der Waals surface area contributed by atoms with Crippen LogP contribution in [0.5, 0.6) is 0 Å². The Kier molecular flexibility index (Phi) is 4.52. The van der Waals surface area contributed by atoms with E-state index < -0.39 is 5.97 Å². The molecular weight excluding hydrogens is 266 g/mol. The fourth-order valence-corrected chi connectivity index (χ4v) is 1.98. The summed E-state index contributed by atoms with van der Waals surface area (Å²) in [5.74, 6) is 0.249. The summed E-state index contributed by atoms with van der Waals surface area (Å²) in [4.78, 5) is 20.0. The molecule has 0 aliphatic rings. The Balaban J connectivity index is 2.20. The molecule has 0 atom stereocenters. The minimum Gasteiger partial charge on any atom is -0.462 e. The summed E-state index contributed by atoms with van der Waals surface area (Å²) in [7, 11) is 0. The lowest BCUT2D eigenvalue weighted by Crippen LogP contribution is -2.12. The van der Waals surface area contributed by atoms with Gasteiger partial charge in [-0.25, -0.2) is 14.8 Å². The molecule has 0 aliphatic carbocycles. The number of anilines is 1. The first-order chi connectivity index (χ1) is 10.0. The lowest BCUT2D eigenvalue weighted by atomic mass is 10.0. The SMILES string of the molecule is CCOC(=O)c1cnc(Cc2ccc(C)c(C)c2)nc1N. The second-order valence-corrected chi connectivity index (χ2v) is 4.90. The smallest absolute Gasteiger partial charge is 0.343 e. The highest BCUT2D eigenvalue weighted by Crippen LogP contribution is 2.14. The van der Waals surface area contributed by atoms with Gasteiger partial charge in [-0.1, -0.05) is 18.2 Å². The number of carbonyl (C=O) groups is 1. The van der Waals surface area contributed by atoms with Crippen LogP contribution in [0.4, 0.5) is 5.82 Å². The highest BCUT2D eigenvalue weighted by molar-refractivity contribution is 5.93. The van der Waals surface area contributed by atoms with Gasteiger partial charge in [-0.3, -0.25) is 0 Å². The van der Waals surface area contributed by atoms with Crippen LogP contribution in [-0.2, 0) is 11.2 Å². The van der Waals surface area contributed by atoms with Gasteiger partial charge in [-0.2, -0.15) is 0 Å². The second-order valence-electron chi connectivity index (χ2n) is 4.90. The molecule has 5 heteroatoms. The predicted molar refractivity (Wildman–Crippen MR) is 81.1 cm³/mol. The minimum atomic E-state index is -0.493. The summed E-state index contributed by atoms with van der Waals surface area (Å²) in [6.45, 7) is 6.17. The molecule has 2 N–H and O–H groups in total. The first-order valence-corrected chi connectivity index (χ1v) is 6.86. The van der Waals surface area contributed by atoms with E-state index in [1.54, 1.807) is 6.92 Å². The van der Waals surface area contributed by atoms with Crippen LogP contribution in [0.15, 0.2) is 24.4 Å². The van der Waals surface area contributed by atoms with Gasteiger partial charge in [0.1, 0.15) is 17.2 Å². The van der Waals surface area contributed by atoms with Crippen LogP contribution in [-0.4, -0.2) is 22.5 Å². The molecule has 0 spiro atoms. The van der Waals surface area contributed by atoms with E-state index in [9.17, 15) is 4.79 Å². The maximum absolute atomic E-state index is 11.6. The molecule has 0 saturated heterocycles. The van der Waals surface area contributed by atoms with Gasteiger partial charge in [0.2, 0.25) is 0 Å². The van der Waals surface area contributed by atoms with Crippen LogP contribution >= 0.6 is 0 Å². The topological polar surface area (TPSA) is 78.1 Å². The molecule has 2 aromatic rings. The van der Waals surface area contributed by atoms with Crippen molar-refractivity contribution in [1.29, 1.82) is 0 Å². The van der Waals surface area contributed by atoms with Gasteiger partial charge < -0.3 is 10.5 Å². The number of aryl methyl sites for hydroxylation is 2. The number of aromatic nitrogens is 2. The monoisotopic (exact) mass is 285 g/mol. The third kappa shape index (κ3) is 3.56. The van der Waals surface area contributed by atoms with E-state index in [-0.39, 0.29) is 11.4 Å². The van der Waals surface area contributed by atoms with Crippen molar-refractivity contribution in [2.24, 2.45) is 0 Å². The van der Waals surface area contributed by atoms with Crippen LogP contribution in [0.25, 0.3) is 0 Å². The fourth-order valence-electron chi connectivity index (χ4n) is 1.98. The van der Waals surface area contributed by atoms with Crippen molar-refractivity contribution < 1.29 is 9.53 Å². The number of hydrogen-bond donors (Lipinski definition) is 1. The van der Waals surface area contributed by atoms with Crippen molar-refractivity contribution >= 4 is 11.8 Å². The van der Waals surface area contributed by atoms with Gasteiger partial charge in [0, 0.05) is 12.6 Å². The highest BCUT2D eigenvalue weighted by atomic mass is 16.5. The van der Waals surface area contributed by atoms with Crippen LogP contribution in [0, 0.1) is 13.8 Å². The second kappa shape index (κ2) is 6.35. The van der Waals surface area contributed by atoms with Crippen molar-refractivity contribution in [1.82, 2.24) is 9.97 Å². The fraction of sp³-hybridized carbons (Fsp3) is 0.312. The zero-order valence-corrected chi connectivity index (χ0v) is 12.5.